The summed E-state index contributed by atoms with van der Waals surface area (Å²) in [5, 5.41) is 3.26. The molecule has 0 saturated carbocycles. The molecule has 22 heavy (non-hydrogen) atoms. The fraction of sp³-hybridized carbons (Fsp3) is 0.875. The van der Waals surface area contributed by atoms with Gasteiger partial charge in [-0.25, -0.2) is 0 Å². The number of rotatable bonds is 3. The normalized spacial score (nSPS) is 26.4. The van der Waals surface area contributed by atoms with Gasteiger partial charge in [0.15, 0.2) is 0 Å². The van der Waals surface area contributed by atoms with Crippen molar-refractivity contribution in [2.45, 2.75) is 52.1 Å². The fourth-order valence-corrected chi connectivity index (χ4v) is 4.24. The third-order valence-electron chi connectivity index (χ3n) is 4.31. The number of hydrogen-bond acceptors (Lipinski definition) is 4. The summed E-state index contributed by atoms with van der Waals surface area (Å²) < 4.78 is 0. The lowest BCUT2D eigenvalue weighted by Gasteiger charge is -2.36. The highest BCUT2D eigenvalue weighted by atomic mass is 32.2. The minimum Gasteiger partial charge on any atom is -0.339 e. The number of carbonyl (C=O) groups is 2. The van der Waals surface area contributed by atoms with Crippen LogP contribution in [-0.2, 0) is 9.59 Å². The van der Waals surface area contributed by atoms with E-state index in [0.717, 1.165) is 31.7 Å². The molecular weight excluding hydrogens is 298 g/mol. The third kappa shape index (κ3) is 4.38. The van der Waals surface area contributed by atoms with Crippen LogP contribution in [0.2, 0.25) is 0 Å². The summed E-state index contributed by atoms with van der Waals surface area (Å²) in [5.74, 6) is 1.62. The maximum atomic E-state index is 12.8. The number of thioether (sulfide) groups is 1. The quantitative estimate of drug-likeness (QED) is 0.854. The Balaban J connectivity index is 2.00. The zero-order chi connectivity index (χ0) is 16.3. The van der Waals surface area contributed by atoms with Gasteiger partial charge >= 0.3 is 0 Å². The second-order valence-electron chi connectivity index (χ2n) is 7.53. The Hall–Kier alpha value is -0.750. The molecule has 0 bridgehead atoms. The first-order valence-electron chi connectivity index (χ1n) is 8.15. The highest BCUT2D eigenvalue weighted by Gasteiger charge is 2.38. The van der Waals surface area contributed by atoms with Crippen molar-refractivity contribution in [1.29, 1.82) is 0 Å². The molecule has 2 atom stereocenters. The predicted molar refractivity (Wildman–Crippen MR) is 90.7 cm³/mol. The van der Waals surface area contributed by atoms with Gasteiger partial charge in [0.1, 0.15) is 6.04 Å². The molecule has 0 aromatic carbocycles. The van der Waals surface area contributed by atoms with Crippen LogP contribution in [0.5, 0.6) is 0 Å². The van der Waals surface area contributed by atoms with Gasteiger partial charge in [-0.1, -0.05) is 20.8 Å². The Bertz CT molecular complexity index is 422. The van der Waals surface area contributed by atoms with Gasteiger partial charge in [-0.05, 0) is 25.3 Å². The Kier molecular flexibility index (Phi) is 5.77. The zero-order valence-electron chi connectivity index (χ0n) is 14.2. The summed E-state index contributed by atoms with van der Waals surface area (Å²) in [7, 11) is 1.95. The average molecular weight is 327 g/mol. The minimum atomic E-state index is -0.268. The number of nitrogens with zero attached hydrogens (tertiary/aromatic N) is 2. The first kappa shape index (κ1) is 17.6. The Morgan fingerprint density at radius 2 is 2.05 bits per heavy atom. The molecule has 2 saturated heterocycles. The molecule has 6 heteroatoms. The maximum absolute atomic E-state index is 12.8. The molecule has 1 N–H and O–H groups in total. The van der Waals surface area contributed by atoms with Gasteiger partial charge in [0.05, 0.1) is 5.88 Å². The van der Waals surface area contributed by atoms with E-state index in [-0.39, 0.29) is 23.3 Å². The Morgan fingerprint density at radius 1 is 1.32 bits per heavy atom. The van der Waals surface area contributed by atoms with Crippen molar-refractivity contribution in [2.75, 3.05) is 31.8 Å². The maximum Gasteiger partial charge on any atom is 0.246 e. The van der Waals surface area contributed by atoms with E-state index in [0.29, 0.717) is 18.3 Å². The Labute approximate surface area is 138 Å². The van der Waals surface area contributed by atoms with Gasteiger partial charge in [0.2, 0.25) is 11.8 Å². The van der Waals surface area contributed by atoms with Crippen LogP contribution in [0.4, 0.5) is 0 Å². The van der Waals surface area contributed by atoms with E-state index in [2.05, 4.69) is 26.1 Å². The minimum absolute atomic E-state index is 0.0414. The average Bonchev–Trinajstić information content (AvgIpc) is 2.94. The van der Waals surface area contributed by atoms with Gasteiger partial charge < -0.3 is 15.1 Å². The van der Waals surface area contributed by atoms with E-state index in [4.69, 9.17) is 0 Å². The van der Waals surface area contributed by atoms with Crippen molar-refractivity contribution in [1.82, 2.24) is 15.1 Å². The molecule has 2 unspecified atom stereocenters. The molecule has 0 spiro atoms. The molecule has 2 amide bonds. The first-order valence-corrected chi connectivity index (χ1v) is 9.30. The van der Waals surface area contributed by atoms with Crippen molar-refractivity contribution in [2.24, 2.45) is 5.41 Å². The van der Waals surface area contributed by atoms with Crippen molar-refractivity contribution < 1.29 is 9.59 Å². The van der Waals surface area contributed by atoms with Crippen LogP contribution < -0.4 is 5.32 Å². The third-order valence-corrected chi connectivity index (χ3v) is 5.32. The van der Waals surface area contributed by atoms with Crippen LogP contribution in [0.15, 0.2) is 0 Å². The molecule has 2 rings (SSSR count). The number of piperidine rings is 1. The molecule has 0 radical (unpaired) electrons. The monoisotopic (exact) mass is 327 g/mol. The summed E-state index contributed by atoms with van der Waals surface area (Å²) >= 11 is 1.69. The molecular formula is C16H29N3O2S. The number of likely N-dealkylation sites (N-methyl/N-ethyl adjacent to an activating group) is 1. The smallest absolute Gasteiger partial charge is 0.246 e. The highest BCUT2D eigenvalue weighted by molar-refractivity contribution is 7.99. The van der Waals surface area contributed by atoms with E-state index >= 15 is 0 Å². The molecule has 5 nitrogen and oxygen atoms in total. The number of carbonyl (C=O) groups excluding carboxylic acids is 2. The molecule has 2 aliphatic heterocycles. The number of amides is 2. The van der Waals surface area contributed by atoms with E-state index < -0.39 is 0 Å². The summed E-state index contributed by atoms with van der Waals surface area (Å²) in [5.41, 5.74) is -0.0414. The molecule has 0 aliphatic carbocycles. The van der Waals surface area contributed by atoms with E-state index in [1.165, 1.54) is 0 Å². The Morgan fingerprint density at radius 3 is 2.68 bits per heavy atom. The van der Waals surface area contributed by atoms with Crippen molar-refractivity contribution in [3.63, 3.8) is 0 Å². The van der Waals surface area contributed by atoms with Crippen molar-refractivity contribution >= 4 is 23.6 Å². The number of hydrogen-bond donors (Lipinski definition) is 1. The lowest BCUT2D eigenvalue weighted by Crippen LogP contribution is -2.54. The van der Waals surface area contributed by atoms with Crippen LogP contribution in [-0.4, -0.2) is 65.5 Å². The first-order chi connectivity index (χ1) is 10.3. The molecule has 2 aliphatic rings. The number of likely N-dealkylation sites (tertiary alicyclic amines) is 1. The van der Waals surface area contributed by atoms with Crippen LogP contribution in [0, 0.1) is 5.41 Å². The molecule has 126 valence electrons. The van der Waals surface area contributed by atoms with Crippen LogP contribution in [0.25, 0.3) is 0 Å². The summed E-state index contributed by atoms with van der Waals surface area (Å²) in [4.78, 5) is 29.1. The standard InChI is InChI=1S/C16H29N3O2S/c1-16(2,3)8-14(20)19-11-22-10-13(19)15(21)18-7-5-6-12(9-18)17-4/h12-13,17H,5-11H2,1-4H3. The van der Waals surface area contributed by atoms with Gasteiger partial charge in [-0.15, -0.1) is 11.8 Å². The molecule has 2 heterocycles. The van der Waals surface area contributed by atoms with Crippen molar-refractivity contribution in [3.8, 4) is 0 Å². The lowest BCUT2D eigenvalue weighted by molar-refractivity contribution is -0.145. The largest absolute Gasteiger partial charge is 0.339 e. The second kappa shape index (κ2) is 7.21. The second-order valence-corrected chi connectivity index (χ2v) is 8.53. The summed E-state index contributed by atoms with van der Waals surface area (Å²) in [6.07, 6.45) is 2.65. The number of nitrogens with one attached hydrogen (secondary N) is 1. The van der Waals surface area contributed by atoms with Gasteiger partial charge in [0.25, 0.3) is 0 Å². The summed E-state index contributed by atoms with van der Waals surface area (Å²) in [6, 6.07) is 0.112. The zero-order valence-corrected chi connectivity index (χ0v) is 15.0. The summed E-state index contributed by atoms with van der Waals surface area (Å²) in [6.45, 7) is 7.77. The van der Waals surface area contributed by atoms with E-state index in [1.807, 2.05) is 11.9 Å². The SMILES string of the molecule is CNC1CCCN(C(=O)C2CSCN2C(=O)CC(C)(C)C)C1. The molecule has 2 fully saturated rings. The molecule has 0 aromatic heterocycles. The topological polar surface area (TPSA) is 52.7 Å². The van der Waals surface area contributed by atoms with Crippen LogP contribution >= 0.6 is 11.8 Å². The van der Waals surface area contributed by atoms with Gasteiger partial charge in [-0.2, -0.15) is 0 Å². The van der Waals surface area contributed by atoms with Crippen LogP contribution in [0.3, 0.4) is 0 Å². The van der Waals surface area contributed by atoms with Crippen molar-refractivity contribution in [3.05, 3.63) is 0 Å². The molecule has 0 aromatic rings. The van der Waals surface area contributed by atoms with Gasteiger partial charge in [-0.3, -0.25) is 9.59 Å². The van der Waals surface area contributed by atoms with Crippen LogP contribution in [0.1, 0.15) is 40.0 Å². The lowest BCUT2D eigenvalue weighted by atomic mass is 9.91. The van der Waals surface area contributed by atoms with E-state index in [1.54, 1.807) is 16.7 Å². The van der Waals surface area contributed by atoms with Gasteiger partial charge in [0, 0.05) is 31.3 Å². The highest BCUT2D eigenvalue weighted by Crippen LogP contribution is 2.28. The van der Waals surface area contributed by atoms with E-state index in [9.17, 15) is 9.59 Å². The predicted octanol–water partition coefficient (Wildman–Crippen LogP) is 1.53. The fourth-order valence-electron chi connectivity index (χ4n) is 3.07.